The zero-order valence-electron chi connectivity index (χ0n) is 20.2. The fourth-order valence-electron chi connectivity index (χ4n) is 3.69. The molecule has 0 aliphatic heterocycles. The van der Waals surface area contributed by atoms with E-state index in [2.05, 4.69) is 15.5 Å². The fraction of sp³-hybridized carbons (Fsp3) is 0.185. The molecule has 2 aromatic carbocycles. The first-order chi connectivity index (χ1) is 17.7. The quantitative estimate of drug-likeness (QED) is 0.247. The molecule has 0 aliphatic rings. The molecule has 0 unspecified atom stereocenters. The Balaban J connectivity index is 1.52. The van der Waals surface area contributed by atoms with Crippen LogP contribution in [-0.2, 0) is 6.61 Å². The van der Waals surface area contributed by atoms with Crippen LogP contribution in [0.25, 0.3) is 11.3 Å². The van der Waals surface area contributed by atoms with Crippen LogP contribution in [0.15, 0.2) is 59.1 Å². The summed E-state index contributed by atoms with van der Waals surface area (Å²) >= 11 is 12.8. The summed E-state index contributed by atoms with van der Waals surface area (Å²) in [5, 5.41) is 16.9. The number of nitrogens with one attached hydrogen (secondary N) is 1. The van der Waals surface area contributed by atoms with Gasteiger partial charge < -0.3 is 19.7 Å². The summed E-state index contributed by atoms with van der Waals surface area (Å²) in [6, 6.07) is 14.2. The monoisotopic (exact) mass is 539 g/mol. The van der Waals surface area contributed by atoms with E-state index in [0.29, 0.717) is 55.5 Å². The molecule has 2 heterocycles. The highest BCUT2D eigenvalue weighted by atomic mass is 35.5. The van der Waals surface area contributed by atoms with Gasteiger partial charge >= 0.3 is 5.97 Å². The van der Waals surface area contributed by atoms with Gasteiger partial charge in [-0.2, -0.15) is 0 Å². The molecule has 1 amide bonds. The number of carbonyl (C=O) groups excluding carboxylic acids is 1. The number of aromatic nitrogens is 2. The second-order valence-corrected chi connectivity index (χ2v) is 9.35. The largest absolute Gasteiger partial charge is 0.478 e. The number of halogens is 2. The number of rotatable bonds is 8. The van der Waals surface area contributed by atoms with Gasteiger partial charge in [0.15, 0.2) is 0 Å². The first kappa shape index (κ1) is 26.2. The van der Waals surface area contributed by atoms with E-state index in [1.807, 2.05) is 13.8 Å². The number of hydrogen-bond acceptors (Lipinski definition) is 6. The topological polar surface area (TPSA) is 115 Å². The van der Waals surface area contributed by atoms with E-state index >= 15 is 0 Å². The highest BCUT2D eigenvalue weighted by Gasteiger charge is 2.24. The highest BCUT2D eigenvalue weighted by Crippen LogP contribution is 2.38. The summed E-state index contributed by atoms with van der Waals surface area (Å²) in [7, 11) is 0. The van der Waals surface area contributed by atoms with E-state index in [-0.39, 0.29) is 24.0 Å². The van der Waals surface area contributed by atoms with Crippen molar-refractivity contribution < 1.29 is 24.0 Å². The molecule has 0 fully saturated rings. The summed E-state index contributed by atoms with van der Waals surface area (Å²) < 4.78 is 11.6. The van der Waals surface area contributed by atoms with Crippen LogP contribution < -0.4 is 10.1 Å². The molecule has 0 aliphatic carbocycles. The van der Waals surface area contributed by atoms with Crippen LogP contribution in [0, 0.1) is 6.92 Å². The minimum Gasteiger partial charge on any atom is -0.478 e. The molecule has 10 heteroatoms. The van der Waals surface area contributed by atoms with E-state index in [1.165, 1.54) is 24.3 Å². The molecule has 0 atom stereocenters. The first-order valence-corrected chi connectivity index (χ1v) is 12.1. The zero-order chi connectivity index (χ0) is 26.7. The molecule has 2 N–H and O–H groups in total. The number of pyridine rings is 1. The van der Waals surface area contributed by atoms with Crippen molar-refractivity contribution in [2.75, 3.05) is 5.32 Å². The zero-order valence-corrected chi connectivity index (χ0v) is 21.7. The van der Waals surface area contributed by atoms with Crippen LogP contribution in [0.3, 0.4) is 0 Å². The van der Waals surface area contributed by atoms with Gasteiger partial charge in [0.1, 0.15) is 18.1 Å². The minimum atomic E-state index is -1.06. The molecule has 2 aromatic heterocycles. The Kier molecular flexibility index (Phi) is 7.80. The number of ether oxygens (including phenoxy) is 1. The van der Waals surface area contributed by atoms with Crippen LogP contribution in [0.4, 0.5) is 5.69 Å². The Morgan fingerprint density at radius 2 is 1.68 bits per heavy atom. The maximum Gasteiger partial charge on any atom is 0.335 e. The van der Waals surface area contributed by atoms with Gasteiger partial charge in [0, 0.05) is 23.1 Å². The number of carbonyl (C=O) groups is 2. The molecular weight excluding hydrogens is 517 g/mol. The van der Waals surface area contributed by atoms with Crippen molar-refractivity contribution in [2.24, 2.45) is 0 Å². The van der Waals surface area contributed by atoms with E-state index in [0.717, 1.165) is 0 Å². The van der Waals surface area contributed by atoms with E-state index < -0.39 is 5.97 Å². The molecule has 4 aromatic rings. The van der Waals surface area contributed by atoms with Crippen molar-refractivity contribution in [1.82, 2.24) is 10.1 Å². The van der Waals surface area contributed by atoms with Crippen LogP contribution >= 0.6 is 23.2 Å². The van der Waals surface area contributed by atoms with Gasteiger partial charge in [-0.15, -0.1) is 0 Å². The van der Waals surface area contributed by atoms with Crippen molar-refractivity contribution in [3.8, 4) is 17.1 Å². The molecular formula is C27H23Cl2N3O5. The number of aromatic carboxylic acids is 1. The normalized spacial score (nSPS) is 11.0. The summed E-state index contributed by atoms with van der Waals surface area (Å²) in [6.07, 6.45) is 0. The second kappa shape index (κ2) is 11.0. The van der Waals surface area contributed by atoms with Gasteiger partial charge in [0.25, 0.3) is 5.91 Å². The number of nitrogens with zero attached hydrogens (tertiary/aromatic N) is 2. The van der Waals surface area contributed by atoms with Gasteiger partial charge in [0.05, 0.1) is 32.6 Å². The van der Waals surface area contributed by atoms with Crippen LogP contribution in [0.1, 0.15) is 57.5 Å². The van der Waals surface area contributed by atoms with E-state index in [9.17, 15) is 9.59 Å². The van der Waals surface area contributed by atoms with Crippen LogP contribution in [0.2, 0.25) is 10.0 Å². The maximum atomic E-state index is 12.6. The third kappa shape index (κ3) is 5.76. The molecule has 0 spiro atoms. The molecule has 37 heavy (non-hydrogen) atoms. The van der Waals surface area contributed by atoms with Crippen molar-refractivity contribution in [2.45, 2.75) is 33.3 Å². The summed E-state index contributed by atoms with van der Waals surface area (Å²) in [5.41, 5.74) is 3.25. The lowest BCUT2D eigenvalue weighted by Gasteiger charge is -2.12. The van der Waals surface area contributed by atoms with Crippen molar-refractivity contribution >= 4 is 40.8 Å². The number of benzene rings is 2. The summed E-state index contributed by atoms with van der Waals surface area (Å²) in [4.78, 5) is 28.0. The second-order valence-electron chi connectivity index (χ2n) is 8.53. The third-order valence-corrected chi connectivity index (χ3v) is 6.24. The SMILES string of the molecule is Cc1nc(OCc2c(-c3c(Cl)cccc3Cl)noc2C(C)C)ccc1NC(=O)c1ccc(C(=O)O)cc1. The Labute approximate surface area is 223 Å². The smallest absolute Gasteiger partial charge is 0.335 e. The number of anilines is 1. The molecule has 8 nitrogen and oxygen atoms in total. The lowest BCUT2D eigenvalue weighted by Crippen LogP contribution is -2.13. The fourth-order valence-corrected chi connectivity index (χ4v) is 4.27. The summed E-state index contributed by atoms with van der Waals surface area (Å²) in [6.45, 7) is 5.82. The molecule has 0 bridgehead atoms. The molecule has 0 saturated heterocycles. The molecule has 190 valence electrons. The lowest BCUT2D eigenvalue weighted by atomic mass is 10.0. The number of carboxylic acids is 1. The first-order valence-electron chi connectivity index (χ1n) is 11.3. The van der Waals surface area contributed by atoms with Crippen molar-refractivity contribution in [3.05, 3.63) is 92.8 Å². The van der Waals surface area contributed by atoms with Gasteiger partial charge in [0.2, 0.25) is 5.88 Å². The predicted octanol–water partition coefficient (Wildman–Crippen LogP) is 7.00. The lowest BCUT2D eigenvalue weighted by molar-refractivity contribution is 0.0696. The van der Waals surface area contributed by atoms with E-state index in [1.54, 1.807) is 37.3 Å². The average molecular weight is 540 g/mol. The highest BCUT2D eigenvalue weighted by molar-refractivity contribution is 6.39. The number of aryl methyl sites for hydroxylation is 1. The molecule has 0 saturated carbocycles. The van der Waals surface area contributed by atoms with Crippen LogP contribution in [0.5, 0.6) is 5.88 Å². The summed E-state index contributed by atoms with van der Waals surface area (Å²) in [5.74, 6) is -0.411. The number of carboxylic acid groups (broad SMARTS) is 1. The Hall–Kier alpha value is -3.88. The minimum absolute atomic E-state index is 0.0398. The maximum absolute atomic E-state index is 12.6. The van der Waals surface area contributed by atoms with Crippen molar-refractivity contribution in [1.29, 1.82) is 0 Å². The number of hydrogen-bond donors (Lipinski definition) is 2. The Morgan fingerprint density at radius 1 is 1.03 bits per heavy atom. The van der Waals surface area contributed by atoms with Gasteiger partial charge in [-0.25, -0.2) is 9.78 Å². The van der Waals surface area contributed by atoms with Crippen molar-refractivity contribution in [3.63, 3.8) is 0 Å². The van der Waals surface area contributed by atoms with Gasteiger partial charge in [-0.1, -0.05) is 48.3 Å². The Morgan fingerprint density at radius 3 is 2.27 bits per heavy atom. The molecule has 4 rings (SSSR count). The van der Waals surface area contributed by atoms with Crippen LogP contribution in [-0.4, -0.2) is 27.1 Å². The predicted molar refractivity (Wildman–Crippen MR) is 141 cm³/mol. The molecule has 0 radical (unpaired) electrons. The van der Waals surface area contributed by atoms with Gasteiger partial charge in [-0.05, 0) is 49.4 Å². The standard InChI is InChI=1S/C27H23Cl2N3O5/c1-14(2)25-18(24(32-37-25)23-19(28)5-4-6-20(23)29)13-36-22-12-11-21(15(3)30-22)31-26(33)16-7-9-17(10-8-16)27(34)35/h4-12,14H,13H2,1-3H3,(H,31,33)(H,34,35). The number of amides is 1. The Bertz CT molecular complexity index is 1450. The third-order valence-electron chi connectivity index (χ3n) is 5.61. The van der Waals surface area contributed by atoms with E-state index in [4.69, 9.17) is 37.6 Å². The average Bonchev–Trinajstić information content (AvgIpc) is 3.28. The van der Waals surface area contributed by atoms with Gasteiger partial charge in [-0.3, -0.25) is 4.79 Å².